The number of anilines is 2. The molecule has 0 aromatic heterocycles. The predicted octanol–water partition coefficient (Wildman–Crippen LogP) is 6.87. The molecule has 0 saturated carbocycles. The lowest BCUT2D eigenvalue weighted by atomic mass is 10.3. The van der Waals surface area contributed by atoms with Gasteiger partial charge < -0.3 is 9.47 Å². The van der Waals surface area contributed by atoms with E-state index >= 15 is 0 Å². The number of carbonyl (C=O) groups is 2. The standard InChI is InChI=1S/C20H13Cl3N2O4/c21-12-4-8-14(9-5-12)24-19(26)28-17-3-1-2-16(23)18(17)29-20(27)25-15-10-6-13(22)7-11-15/h1-11H,(H,24,26)(H,25,27). The van der Waals surface area contributed by atoms with Crippen molar-refractivity contribution in [1.29, 1.82) is 0 Å². The number of benzene rings is 3. The van der Waals surface area contributed by atoms with Crippen molar-refractivity contribution >= 4 is 58.4 Å². The van der Waals surface area contributed by atoms with Gasteiger partial charge in [0.1, 0.15) is 0 Å². The third kappa shape index (κ3) is 6.02. The number of para-hydroxylation sites is 1. The summed E-state index contributed by atoms with van der Waals surface area (Å²) < 4.78 is 10.5. The first-order chi connectivity index (χ1) is 13.9. The Bertz CT molecular complexity index is 1020. The van der Waals surface area contributed by atoms with Crippen LogP contribution >= 0.6 is 34.8 Å². The maximum Gasteiger partial charge on any atom is 0.417 e. The van der Waals surface area contributed by atoms with E-state index < -0.39 is 12.2 Å². The zero-order valence-electron chi connectivity index (χ0n) is 14.6. The van der Waals surface area contributed by atoms with Crippen LogP contribution in [0.2, 0.25) is 15.1 Å². The third-order valence-corrected chi connectivity index (χ3v) is 4.31. The Kier molecular flexibility index (Phi) is 6.82. The van der Waals surface area contributed by atoms with Crippen LogP contribution in [0.4, 0.5) is 21.0 Å². The van der Waals surface area contributed by atoms with E-state index in [0.717, 1.165) is 0 Å². The Morgan fingerprint density at radius 3 is 1.66 bits per heavy atom. The topological polar surface area (TPSA) is 76.7 Å². The number of nitrogens with one attached hydrogen (secondary N) is 2. The summed E-state index contributed by atoms with van der Waals surface area (Å²) in [5.41, 5.74) is 0.943. The second kappa shape index (κ2) is 9.52. The van der Waals surface area contributed by atoms with E-state index in [1.165, 1.54) is 12.1 Å². The molecule has 0 spiro atoms. The van der Waals surface area contributed by atoms with Gasteiger partial charge in [0.25, 0.3) is 0 Å². The molecule has 3 aromatic carbocycles. The molecule has 3 aromatic rings. The molecule has 0 bridgehead atoms. The van der Waals surface area contributed by atoms with Gasteiger partial charge in [-0.25, -0.2) is 9.59 Å². The zero-order chi connectivity index (χ0) is 20.8. The second-order valence-electron chi connectivity index (χ2n) is 5.61. The fourth-order valence-electron chi connectivity index (χ4n) is 2.21. The van der Waals surface area contributed by atoms with Crippen LogP contribution in [0, 0.1) is 0 Å². The summed E-state index contributed by atoms with van der Waals surface area (Å²) in [6.45, 7) is 0. The summed E-state index contributed by atoms with van der Waals surface area (Å²) in [6, 6.07) is 17.4. The van der Waals surface area contributed by atoms with Crippen molar-refractivity contribution in [3.05, 3.63) is 81.8 Å². The number of amides is 2. The molecule has 2 amide bonds. The Hall–Kier alpha value is -2.93. The highest BCUT2D eigenvalue weighted by Gasteiger charge is 2.17. The Labute approximate surface area is 181 Å². The highest BCUT2D eigenvalue weighted by Crippen LogP contribution is 2.35. The first kappa shape index (κ1) is 20.8. The maximum atomic E-state index is 12.2. The number of ether oxygens (including phenoxy) is 2. The van der Waals surface area contributed by atoms with Crippen molar-refractivity contribution in [2.45, 2.75) is 0 Å². The molecule has 0 aliphatic rings. The summed E-state index contributed by atoms with van der Waals surface area (Å²) in [5, 5.41) is 6.20. The first-order valence-corrected chi connectivity index (χ1v) is 9.31. The number of hydrogen-bond donors (Lipinski definition) is 2. The fraction of sp³-hybridized carbons (Fsp3) is 0. The van der Waals surface area contributed by atoms with Gasteiger partial charge in [-0.3, -0.25) is 10.6 Å². The van der Waals surface area contributed by atoms with Gasteiger partial charge in [-0.05, 0) is 60.7 Å². The first-order valence-electron chi connectivity index (χ1n) is 8.18. The average Bonchev–Trinajstić information content (AvgIpc) is 2.68. The number of carbonyl (C=O) groups excluding carboxylic acids is 2. The van der Waals surface area contributed by atoms with Crippen LogP contribution in [-0.2, 0) is 0 Å². The van der Waals surface area contributed by atoms with Gasteiger partial charge in [0.15, 0.2) is 11.5 Å². The Morgan fingerprint density at radius 1 is 0.655 bits per heavy atom. The summed E-state index contributed by atoms with van der Waals surface area (Å²) in [7, 11) is 0. The highest BCUT2D eigenvalue weighted by molar-refractivity contribution is 6.32. The molecule has 6 nitrogen and oxygen atoms in total. The second-order valence-corrected chi connectivity index (χ2v) is 6.89. The third-order valence-electron chi connectivity index (χ3n) is 3.51. The zero-order valence-corrected chi connectivity index (χ0v) is 16.9. The maximum absolute atomic E-state index is 12.2. The molecule has 0 radical (unpaired) electrons. The molecule has 0 atom stereocenters. The largest absolute Gasteiger partial charge is 0.417 e. The van der Waals surface area contributed by atoms with Gasteiger partial charge in [0.05, 0.1) is 5.02 Å². The molecule has 0 aliphatic carbocycles. The molecule has 29 heavy (non-hydrogen) atoms. The molecule has 0 aliphatic heterocycles. The molecule has 0 saturated heterocycles. The van der Waals surface area contributed by atoms with Crippen molar-refractivity contribution in [3.63, 3.8) is 0 Å². The van der Waals surface area contributed by atoms with Crippen LogP contribution in [0.3, 0.4) is 0 Å². The molecule has 0 unspecified atom stereocenters. The summed E-state index contributed by atoms with van der Waals surface area (Å²) >= 11 is 17.7. The van der Waals surface area contributed by atoms with E-state index in [-0.39, 0.29) is 16.5 Å². The van der Waals surface area contributed by atoms with Crippen molar-refractivity contribution < 1.29 is 19.1 Å². The van der Waals surface area contributed by atoms with Crippen molar-refractivity contribution in [2.24, 2.45) is 0 Å². The fourth-order valence-corrected chi connectivity index (χ4v) is 2.67. The molecule has 9 heteroatoms. The lowest BCUT2D eigenvalue weighted by molar-refractivity contribution is 0.205. The normalized spacial score (nSPS) is 10.2. The monoisotopic (exact) mass is 450 g/mol. The number of rotatable bonds is 4. The minimum atomic E-state index is -0.816. The van der Waals surface area contributed by atoms with Crippen LogP contribution in [0.1, 0.15) is 0 Å². The van der Waals surface area contributed by atoms with Gasteiger partial charge in [0.2, 0.25) is 0 Å². The molecule has 3 rings (SSSR count). The molecular formula is C20H13Cl3N2O4. The van der Waals surface area contributed by atoms with Crippen LogP contribution in [0.15, 0.2) is 66.7 Å². The summed E-state index contributed by atoms with van der Waals surface area (Å²) in [6.07, 6.45) is -1.61. The van der Waals surface area contributed by atoms with Crippen molar-refractivity contribution in [1.82, 2.24) is 0 Å². The minimum absolute atomic E-state index is 0.0322. The predicted molar refractivity (Wildman–Crippen MR) is 114 cm³/mol. The number of halogens is 3. The van der Waals surface area contributed by atoms with Gasteiger partial charge in [-0.2, -0.15) is 0 Å². The molecule has 2 N–H and O–H groups in total. The van der Waals surface area contributed by atoms with Crippen molar-refractivity contribution in [2.75, 3.05) is 10.6 Å². The lowest BCUT2D eigenvalue weighted by Gasteiger charge is -2.13. The van der Waals surface area contributed by atoms with E-state index in [1.807, 2.05) is 0 Å². The molecular weight excluding hydrogens is 439 g/mol. The van der Waals surface area contributed by atoms with Gasteiger partial charge >= 0.3 is 12.2 Å². The highest BCUT2D eigenvalue weighted by atomic mass is 35.5. The minimum Gasteiger partial charge on any atom is -0.406 e. The quantitative estimate of drug-likeness (QED) is 0.454. The Balaban J connectivity index is 1.69. The van der Waals surface area contributed by atoms with Gasteiger partial charge in [-0.1, -0.05) is 40.9 Å². The smallest absolute Gasteiger partial charge is 0.406 e. The van der Waals surface area contributed by atoms with Gasteiger partial charge in [0, 0.05) is 21.4 Å². The molecule has 148 valence electrons. The van der Waals surface area contributed by atoms with E-state index in [2.05, 4.69) is 10.6 Å². The van der Waals surface area contributed by atoms with Crippen LogP contribution in [0.5, 0.6) is 11.5 Å². The summed E-state index contributed by atoms with van der Waals surface area (Å²) in [4.78, 5) is 24.3. The molecule has 0 fully saturated rings. The van der Waals surface area contributed by atoms with E-state index in [1.54, 1.807) is 54.6 Å². The van der Waals surface area contributed by atoms with Crippen LogP contribution in [-0.4, -0.2) is 12.2 Å². The van der Waals surface area contributed by atoms with E-state index in [9.17, 15) is 9.59 Å². The van der Waals surface area contributed by atoms with Crippen LogP contribution < -0.4 is 20.1 Å². The average molecular weight is 452 g/mol. The number of hydrogen-bond acceptors (Lipinski definition) is 4. The Morgan fingerprint density at radius 2 is 1.14 bits per heavy atom. The van der Waals surface area contributed by atoms with Crippen molar-refractivity contribution in [3.8, 4) is 11.5 Å². The SMILES string of the molecule is O=C(Nc1ccc(Cl)cc1)Oc1cccc(Cl)c1OC(=O)Nc1ccc(Cl)cc1. The molecule has 0 heterocycles. The van der Waals surface area contributed by atoms with Crippen LogP contribution in [0.25, 0.3) is 0 Å². The lowest BCUT2D eigenvalue weighted by Crippen LogP contribution is -2.20. The van der Waals surface area contributed by atoms with Gasteiger partial charge in [-0.15, -0.1) is 0 Å². The van der Waals surface area contributed by atoms with E-state index in [4.69, 9.17) is 44.3 Å². The van der Waals surface area contributed by atoms with E-state index in [0.29, 0.717) is 21.4 Å². The summed E-state index contributed by atoms with van der Waals surface area (Å²) in [5.74, 6) is -0.137.